The van der Waals surface area contributed by atoms with Gasteiger partial charge in [-0.3, -0.25) is 0 Å². The largest absolute Gasteiger partial charge is 0.497 e. The van der Waals surface area contributed by atoms with Gasteiger partial charge < -0.3 is 15.4 Å². The predicted molar refractivity (Wildman–Crippen MR) is 83.8 cm³/mol. The first-order valence-electron chi connectivity index (χ1n) is 6.93. The number of hydrogen-bond donors (Lipinski definition) is 2. The average molecular weight is 268 g/mol. The summed E-state index contributed by atoms with van der Waals surface area (Å²) in [5.41, 5.74) is 6.27. The molecule has 1 aliphatic rings. The molecule has 3 nitrogen and oxygen atoms in total. The molecular weight excluding hydrogens is 248 g/mol. The first kappa shape index (κ1) is 12.9. The van der Waals surface area contributed by atoms with Crippen LogP contribution < -0.4 is 15.4 Å². The SMILES string of the molecule is COc1ccc([C@H]2CNc3cc(C)c(C)cc3N2)cc1. The van der Waals surface area contributed by atoms with Gasteiger partial charge in [-0.25, -0.2) is 0 Å². The van der Waals surface area contributed by atoms with Gasteiger partial charge in [-0.05, 0) is 54.8 Å². The predicted octanol–water partition coefficient (Wildman–Crippen LogP) is 3.89. The first-order valence-corrected chi connectivity index (χ1v) is 6.93. The van der Waals surface area contributed by atoms with Gasteiger partial charge in [0.15, 0.2) is 0 Å². The van der Waals surface area contributed by atoms with Crippen LogP contribution in [0, 0.1) is 13.8 Å². The Labute approximate surface area is 120 Å². The molecule has 0 bridgehead atoms. The summed E-state index contributed by atoms with van der Waals surface area (Å²) in [6.07, 6.45) is 0. The van der Waals surface area contributed by atoms with Crippen LogP contribution >= 0.6 is 0 Å². The van der Waals surface area contributed by atoms with Crippen molar-refractivity contribution in [3.63, 3.8) is 0 Å². The number of benzene rings is 2. The highest BCUT2D eigenvalue weighted by Crippen LogP contribution is 2.33. The molecule has 0 saturated carbocycles. The molecule has 0 aliphatic carbocycles. The molecule has 0 unspecified atom stereocenters. The molecular formula is C17H20N2O. The van der Waals surface area contributed by atoms with E-state index in [1.165, 1.54) is 28.1 Å². The number of fused-ring (bicyclic) bond motifs is 1. The quantitative estimate of drug-likeness (QED) is 0.867. The molecule has 104 valence electrons. The van der Waals surface area contributed by atoms with Crippen LogP contribution in [0.4, 0.5) is 11.4 Å². The Balaban J connectivity index is 1.85. The highest BCUT2D eigenvalue weighted by atomic mass is 16.5. The number of hydrogen-bond acceptors (Lipinski definition) is 3. The number of anilines is 2. The normalized spacial score (nSPS) is 16.9. The molecule has 1 aliphatic heterocycles. The maximum absolute atomic E-state index is 5.21. The third-order valence-corrected chi connectivity index (χ3v) is 3.98. The van der Waals surface area contributed by atoms with Crippen molar-refractivity contribution in [2.45, 2.75) is 19.9 Å². The van der Waals surface area contributed by atoms with Gasteiger partial charge in [0, 0.05) is 6.54 Å². The molecule has 3 rings (SSSR count). The number of methoxy groups -OCH3 is 1. The van der Waals surface area contributed by atoms with Gasteiger partial charge in [0.2, 0.25) is 0 Å². The van der Waals surface area contributed by atoms with Crippen LogP contribution in [0.2, 0.25) is 0 Å². The molecule has 0 spiro atoms. The molecule has 3 heteroatoms. The minimum atomic E-state index is 0.288. The lowest BCUT2D eigenvalue weighted by Gasteiger charge is -2.29. The van der Waals surface area contributed by atoms with Crippen molar-refractivity contribution in [3.8, 4) is 5.75 Å². The Hall–Kier alpha value is -2.16. The van der Waals surface area contributed by atoms with Crippen LogP contribution in [-0.2, 0) is 0 Å². The lowest BCUT2D eigenvalue weighted by molar-refractivity contribution is 0.414. The third kappa shape index (κ3) is 2.31. The third-order valence-electron chi connectivity index (χ3n) is 3.98. The number of nitrogens with one attached hydrogen (secondary N) is 2. The zero-order chi connectivity index (χ0) is 14.1. The molecule has 2 N–H and O–H groups in total. The Bertz CT molecular complexity index is 620. The Morgan fingerprint density at radius 1 is 1.00 bits per heavy atom. The van der Waals surface area contributed by atoms with E-state index in [0.29, 0.717) is 0 Å². The van der Waals surface area contributed by atoms with Crippen molar-refractivity contribution >= 4 is 11.4 Å². The van der Waals surface area contributed by atoms with E-state index in [1.54, 1.807) is 7.11 Å². The molecule has 0 amide bonds. The van der Waals surface area contributed by atoms with E-state index in [9.17, 15) is 0 Å². The summed E-state index contributed by atoms with van der Waals surface area (Å²) in [4.78, 5) is 0. The second-order valence-electron chi connectivity index (χ2n) is 5.33. The summed E-state index contributed by atoms with van der Waals surface area (Å²) < 4.78 is 5.21. The second-order valence-corrected chi connectivity index (χ2v) is 5.33. The molecule has 0 fully saturated rings. The Kier molecular flexibility index (Phi) is 3.26. The van der Waals surface area contributed by atoms with Gasteiger partial charge in [0.1, 0.15) is 5.75 Å². The van der Waals surface area contributed by atoms with Crippen LogP contribution in [0.25, 0.3) is 0 Å². The summed E-state index contributed by atoms with van der Waals surface area (Å²) in [6.45, 7) is 5.18. The molecule has 0 radical (unpaired) electrons. The molecule has 2 aromatic carbocycles. The molecule has 1 atom stereocenters. The summed E-state index contributed by atoms with van der Waals surface area (Å²) >= 11 is 0. The minimum Gasteiger partial charge on any atom is -0.497 e. The number of ether oxygens (including phenoxy) is 1. The van der Waals surface area contributed by atoms with Crippen molar-refractivity contribution in [2.24, 2.45) is 0 Å². The molecule has 0 saturated heterocycles. The van der Waals surface area contributed by atoms with E-state index in [-0.39, 0.29) is 6.04 Å². The van der Waals surface area contributed by atoms with Crippen LogP contribution in [0.15, 0.2) is 36.4 Å². The van der Waals surface area contributed by atoms with E-state index < -0.39 is 0 Å². The Morgan fingerprint density at radius 3 is 2.30 bits per heavy atom. The van der Waals surface area contributed by atoms with Crippen molar-refractivity contribution in [1.82, 2.24) is 0 Å². The fourth-order valence-electron chi connectivity index (χ4n) is 2.57. The number of rotatable bonds is 2. The lowest BCUT2D eigenvalue weighted by atomic mass is 10.0. The van der Waals surface area contributed by atoms with Gasteiger partial charge in [-0.15, -0.1) is 0 Å². The smallest absolute Gasteiger partial charge is 0.118 e. The molecule has 20 heavy (non-hydrogen) atoms. The molecule has 1 heterocycles. The fourth-order valence-corrected chi connectivity index (χ4v) is 2.57. The van der Waals surface area contributed by atoms with Crippen LogP contribution in [0.3, 0.4) is 0 Å². The summed E-state index contributed by atoms with van der Waals surface area (Å²) in [7, 11) is 1.69. The van der Waals surface area contributed by atoms with Crippen LogP contribution in [0.5, 0.6) is 5.75 Å². The van der Waals surface area contributed by atoms with Crippen molar-refractivity contribution < 1.29 is 4.74 Å². The summed E-state index contributed by atoms with van der Waals surface area (Å²) in [5, 5.41) is 7.13. The second kappa shape index (κ2) is 5.08. The van der Waals surface area contributed by atoms with Gasteiger partial charge in [-0.2, -0.15) is 0 Å². The lowest BCUT2D eigenvalue weighted by Crippen LogP contribution is -2.26. The highest BCUT2D eigenvalue weighted by molar-refractivity contribution is 5.73. The maximum Gasteiger partial charge on any atom is 0.118 e. The van der Waals surface area contributed by atoms with Crippen molar-refractivity contribution in [3.05, 3.63) is 53.1 Å². The van der Waals surface area contributed by atoms with E-state index >= 15 is 0 Å². The van der Waals surface area contributed by atoms with Crippen molar-refractivity contribution in [1.29, 1.82) is 0 Å². The van der Waals surface area contributed by atoms with E-state index in [4.69, 9.17) is 4.74 Å². The minimum absolute atomic E-state index is 0.288. The Morgan fingerprint density at radius 2 is 1.65 bits per heavy atom. The fraction of sp³-hybridized carbons (Fsp3) is 0.294. The highest BCUT2D eigenvalue weighted by Gasteiger charge is 2.19. The van der Waals surface area contributed by atoms with Gasteiger partial charge >= 0.3 is 0 Å². The van der Waals surface area contributed by atoms with E-state index in [0.717, 1.165) is 12.3 Å². The summed E-state index contributed by atoms with van der Waals surface area (Å²) in [6, 6.07) is 13.0. The van der Waals surface area contributed by atoms with Gasteiger partial charge in [0.05, 0.1) is 24.5 Å². The van der Waals surface area contributed by atoms with Crippen LogP contribution in [0.1, 0.15) is 22.7 Å². The van der Waals surface area contributed by atoms with E-state index in [2.05, 4.69) is 48.7 Å². The monoisotopic (exact) mass is 268 g/mol. The standard InChI is InChI=1S/C17H20N2O/c1-11-8-15-16(9-12(11)2)19-17(10-18-15)13-4-6-14(20-3)7-5-13/h4-9,17-19H,10H2,1-3H3/t17-/m1/s1. The molecule has 0 aromatic heterocycles. The van der Waals surface area contributed by atoms with Crippen molar-refractivity contribution in [2.75, 3.05) is 24.3 Å². The van der Waals surface area contributed by atoms with E-state index in [1.807, 2.05) is 12.1 Å². The maximum atomic E-state index is 5.21. The van der Waals surface area contributed by atoms with Gasteiger partial charge in [-0.1, -0.05) is 12.1 Å². The number of aryl methyl sites for hydroxylation is 2. The van der Waals surface area contributed by atoms with Crippen LogP contribution in [-0.4, -0.2) is 13.7 Å². The topological polar surface area (TPSA) is 33.3 Å². The average Bonchev–Trinajstić information content (AvgIpc) is 2.48. The zero-order valence-electron chi connectivity index (χ0n) is 12.2. The summed E-state index contributed by atoms with van der Waals surface area (Å²) in [5.74, 6) is 0.893. The zero-order valence-corrected chi connectivity index (χ0v) is 12.2. The molecule has 2 aromatic rings. The first-order chi connectivity index (χ1) is 9.67. The van der Waals surface area contributed by atoms with Gasteiger partial charge in [0.25, 0.3) is 0 Å².